The molecule has 0 aliphatic rings. The second-order valence-corrected chi connectivity index (χ2v) is 6.14. The van der Waals surface area contributed by atoms with Crippen LogP contribution in [0.5, 0.6) is 0 Å². The Morgan fingerprint density at radius 2 is 2.05 bits per heavy atom. The van der Waals surface area contributed by atoms with Gasteiger partial charge in [0.2, 0.25) is 15.8 Å². The minimum absolute atomic E-state index is 0.120. The molecule has 0 radical (unpaired) electrons. The highest BCUT2D eigenvalue weighted by molar-refractivity contribution is 9.10. The summed E-state index contributed by atoms with van der Waals surface area (Å²) in [5.41, 5.74) is 0. The van der Waals surface area contributed by atoms with E-state index in [4.69, 9.17) is 23.8 Å². The maximum absolute atomic E-state index is 11.6. The minimum Gasteiger partial charge on any atom is -0.460 e. The van der Waals surface area contributed by atoms with Gasteiger partial charge in [-0.15, -0.1) is 0 Å². The van der Waals surface area contributed by atoms with Crippen LogP contribution in [0.25, 0.3) is 0 Å². The summed E-state index contributed by atoms with van der Waals surface area (Å²) < 4.78 is 42.1. The fraction of sp³-hybridized carbons (Fsp3) is 0.545. The van der Waals surface area contributed by atoms with E-state index >= 15 is 0 Å². The fourth-order valence-electron chi connectivity index (χ4n) is 1.29. The predicted molar refractivity (Wildman–Crippen MR) is 75.4 cm³/mol. The van der Waals surface area contributed by atoms with E-state index in [1.165, 1.54) is 0 Å². The van der Waals surface area contributed by atoms with E-state index in [-0.39, 0.29) is 21.9 Å². The van der Waals surface area contributed by atoms with Crippen molar-refractivity contribution in [1.29, 1.82) is 0 Å². The molecule has 1 aromatic rings. The number of ether oxygens (including phenoxy) is 3. The first kappa shape index (κ1) is 18.1. The lowest BCUT2D eigenvalue weighted by atomic mass is 10.4. The van der Waals surface area contributed by atoms with Gasteiger partial charge in [-0.05, 0) is 15.9 Å². The highest BCUT2D eigenvalue weighted by Gasteiger charge is 2.22. The van der Waals surface area contributed by atoms with Crippen LogP contribution in [0, 0.1) is 0 Å². The number of sulfonamides is 1. The minimum atomic E-state index is -3.96. The van der Waals surface area contributed by atoms with E-state index < -0.39 is 16.0 Å². The van der Waals surface area contributed by atoms with E-state index in [9.17, 15) is 13.2 Å². The summed E-state index contributed by atoms with van der Waals surface area (Å²) in [6.45, 7) is 1.50. The molecule has 1 heterocycles. The number of nitrogens with two attached hydrogens (primary N) is 1. The molecule has 0 aromatic carbocycles. The summed E-state index contributed by atoms with van der Waals surface area (Å²) in [5.74, 6) is -1.02. The zero-order valence-corrected chi connectivity index (χ0v) is 13.7. The van der Waals surface area contributed by atoms with Crippen molar-refractivity contribution in [2.75, 3.05) is 33.5 Å². The number of rotatable bonds is 9. The van der Waals surface area contributed by atoms with Crippen molar-refractivity contribution in [2.45, 2.75) is 11.3 Å². The standard InChI is InChI=1S/C11H16BrNO7S/c1-17-5-6-18-3-2-4-19-11(14)8-7-9(10(12)20-8)21(13,15)16/h7H,2-6H2,1H3,(H2,13,15,16). The molecule has 0 bridgehead atoms. The van der Waals surface area contributed by atoms with E-state index in [0.29, 0.717) is 26.2 Å². The van der Waals surface area contributed by atoms with Gasteiger partial charge in [-0.2, -0.15) is 0 Å². The second kappa shape index (κ2) is 8.49. The van der Waals surface area contributed by atoms with Gasteiger partial charge in [0.25, 0.3) is 0 Å². The Hall–Kier alpha value is -0.940. The number of carbonyl (C=O) groups excluding carboxylic acids is 1. The fourth-order valence-corrected chi connectivity index (χ4v) is 2.79. The molecule has 120 valence electrons. The second-order valence-electron chi connectivity index (χ2n) is 3.89. The molecule has 2 N–H and O–H groups in total. The Morgan fingerprint density at radius 3 is 2.62 bits per heavy atom. The molecule has 1 rings (SSSR count). The molecule has 0 spiro atoms. The molecule has 0 aliphatic carbocycles. The van der Waals surface area contributed by atoms with Gasteiger partial charge in [-0.1, -0.05) is 0 Å². The molecule has 1 aromatic heterocycles. The maximum Gasteiger partial charge on any atom is 0.374 e. The van der Waals surface area contributed by atoms with Crippen LogP contribution in [0.1, 0.15) is 17.0 Å². The monoisotopic (exact) mass is 385 g/mol. The first-order chi connectivity index (χ1) is 9.86. The zero-order chi connectivity index (χ0) is 15.9. The Bertz CT molecular complexity index is 569. The van der Waals surface area contributed by atoms with Crippen LogP contribution in [-0.2, 0) is 24.2 Å². The van der Waals surface area contributed by atoms with Crippen molar-refractivity contribution < 1.29 is 31.8 Å². The number of halogens is 1. The van der Waals surface area contributed by atoms with Crippen LogP contribution < -0.4 is 5.14 Å². The number of furan rings is 1. The molecule has 21 heavy (non-hydrogen) atoms. The third-order valence-electron chi connectivity index (χ3n) is 2.26. The molecule has 0 saturated carbocycles. The molecule has 0 fully saturated rings. The van der Waals surface area contributed by atoms with Crippen LogP contribution in [0.15, 0.2) is 20.0 Å². The number of hydrogen-bond acceptors (Lipinski definition) is 7. The zero-order valence-electron chi connectivity index (χ0n) is 11.3. The van der Waals surface area contributed by atoms with Crippen molar-refractivity contribution in [3.05, 3.63) is 16.5 Å². The largest absolute Gasteiger partial charge is 0.460 e. The van der Waals surface area contributed by atoms with Crippen molar-refractivity contribution in [2.24, 2.45) is 5.14 Å². The lowest BCUT2D eigenvalue weighted by molar-refractivity contribution is 0.0358. The first-order valence-corrected chi connectivity index (χ1v) is 8.26. The number of hydrogen-bond donors (Lipinski definition) is 1. The van der Waals surface area contributed by atoms with Gasteiger partial charge >= 0.3 is 5.97 Å². The van der Waals surface area contributed by atoms with E-state index in [1.807, 2.05) is 0 Å². The van der Waals surface area contributed by atoms with Crippen LogP contribution in [0.2, 0.25) is 0 Å². The Balaban J connectivity index is 2.40. The van der Waals surface area contributed by atoms with E-state index in [0.717, 1.165) is 6.07 Å². The summed E-state index contributed by atoms with van der Waals surface area (Å²) >= 11 is 2.87. The van der Waals surface area contributed by atoms with Crippen LogP contribution in [0.3, 0.4) is 0 Å². The molecule has 8 nitrogen and oxygen atoms in total. The normalized spacial score (nSPS) is 11.6. The summed E-state index contributed by atoms with van der Waals surface area (Å²) in [7, 11) is -2.39. The summed E-state index contributed by atoms with van der Waals surface area (Å²) in [5, 5.41) is 4.95. The lowest BCUT2D eigenvalue weighted by Crippen LogP contribution is -2.12. The summed E-state index contributed by atoms with van der Waals surface area (Å²) in [4.78, 5) is 11.3. The Morgan fingerprint density at radius 1 is 1.33 bits per heavy atom. The topological polar surface area (TPSA) is 118 Å². The Kier molecular flexibility index (Phi) is 7.32. The van der Waals surface area contributed by atoms with Gasteiger partial charge in [-0.3, -0.25) is 0 Å². The van der Waals surface area contributed by atoms with Crippen LogP contribution in [0.4, 0.5) is 0 Å². The maximum atomic E-state index is 11.6. The van der Waals surface area contributed by atoms with Crippen molar-refractivity contribution >= 4 is 31.9 Å². The quantitative estimate of drug-likeness (QED) is 0.495. The molecule has 10 heteroatoms. The molecule has 0 unspecified atom stereocenters. The average molecular weight is 386 g/mol. The van der Waals surface area contributed by atoms with Crippen molar-refractivity contribution in [3.63, 3.8) is 0 Å². The number of primary sulfonamides is 1. The summed E-state index contributed by atoms with van der Waals surface area (Å²) in [6, 6.07) is 1.01. The first-order valence-electron chi connectivity index (χ1n) is 5.92. The smallest absolute Gasteiger partial charge is 0.374 e. The van der Waals surface area contributed by atoms with Gasteiger partial charge in [0.15, 0.2) is 4.67 Å². The van der Waals surface area contributed by atoms with Gasteiger partial charge in [0, 0.05) is 26.2 Å². The summed E-state index contributed by atoms with van der Waals surface area (Å²) in [6.07, 6.45) is 0.499. The third-order valence-corrected chi connectivity index (χ3v) is 4.03. The molecule has 0 saturated heterocycles. The van der Waals surface area contributed by atoms with Gasteiger partial charge in [0.05, 0.1) is 19.8 Å². The van der Waals surface area contributed by atoms with Gasteiger partial charge in [-0.25, -0.2) is 18.4 Å². The Labute approximate surface area is 130 Å². The third kappa shape index (κ3) is 6.14. The molecule has 0 aliphatic heterocycles. The van der Waals surface area contributed by atoms with Crippen molar-refractivity contribution in [3.8, 4) is 0 Å². The van der Waals surface area contributed by atoms with E-state index in [1.54, 1.807) is 7.11 Å². The number of esters is 1. The lowest BCUT2D eigenvalue weighted by Gasteiger charge is -2.04. The highest BCUT2D eigenvalue weighted by atomic mass is 79.9. The highest BCUT2D eigenvalue weighted by Crippen LogP contribution is 2.25. The van der Waals surface area contributed by atoms with Gasteiger partial charge < -0.3 is 18.6 Å². The molecule has 0 amide bonds. The van der Waals surface area contributed by atoms with E-state index in [2.05, 4.69) is 15.9 Å². The number of methoxy groups -OCH3 is 1. The van der Waals surface area contributed by atoms with Crippen molar-refractivity contribution in [1.82, 2.24) is 0 Å². The van der Waals surface area contributed by atoms with Crippen LogP contribution >= 0.6 is 15.9 Å². The molecular weight excluding hydrogens is 370 g/mol. The molecular formula is C11H16BrNO7S. The predicted octanol–water partition coefficient (Wildman–Crippen LogP) is 0.899. The average Bonchev–Trinajstić information content (AvgIpc) is 2.79. The SMILES string of the molecule is COCCOCCCOC(=O)c1cc(S(N)(=O)=O)c(Br)o1. The number of carbonyl (C=O) groups is 1. The molecule has 0 atom stereocenters. The van der Waals surface area contributed by atoms with Crippen LogP contribution in [-0.4, -0.2) is 47.9 Å². The van der Waals surface area contributed by atoms with Gasteiger partial charge in [0.1, 0.15) is 4.90 Å².